The van der Waals surface area contributed by atoms with Gasteiger partial charge in [0.2, 0.25) is 10.0 Å². The molecule has 4 rings (SSSR count). The Bertz CT molecular complexity index is 978. The number of fused-ring (bicyclic) bond motifs is 2. The van der Waals surface area contributed by atoms with Gasteiger partial charge in [0.15, 0.2) is 0 Å². The Morgan fingerprint density at radius 1 is 1.14 bits per heavy atom. The maximum atomic E-state index is 13.5. The first-order valence-corrected chi connectivity index (χ1v) is 11.3. The summed E-state index contributed by atoms with van der Waals surface area (Å²) in [7, 11) is -0.00840. The van der Waals surface area contributed by atoms with Crippen LogP contribution in [0.2, 0.25) is 0 Å². The van der Waals surface area contributed by atoms with Gasteiger partial charge in [-0.2, -0.15) is 4.31 Å². The minimum Gasteiger partial charge on any atom is -0.497 e. The van der Waals surface area contributed by atoms with Crippen LogP contribution in [0.4, 0.5) is 5.82 Å². The van der Waals surface area contributed by atoms with Crippen LogP contribution >= 0.6 is 0 Å². The number of methoxy groups -OCH3 is 1. The first kappa shape index (κ1) is 20.1. The summed E-state index contributed by atoms with van der Waals surface area (Å²) in [6, 6.07) is 11.2. The molecule has 0 bridgehead atoms. The second-order valence-electron chi connectivity index (χ2n) is 8.04. The number of hydrogen-bond acceptors (Lipinski definition) is 6. The van der Waals surface area contributed by atoms with Gasteiger partial charge in [0, 0.05) is 38.9 Å². The van der Waals surface area contributed by atoms with Gasteiger partial charge in [-0.3, -0.25) is 4.90 Å². The van der Waals surface area contributed by atoms with Crippen LogP contribution in [0, 0.1) is 0 Å². The molecule has 1 aromatic carbocycles. The summed E-state index contributed by atoms with van der Waals surface area (Å²) in [6.07, 6.45) is 1.66. The molecule has 0 radical (unpaired) electrons. The Morgan fingerprint density at radius 3 is 2.48 bits per heavy atom. The lowest BCUT2D eigenvalue weighted by atomic mass is 10.1. The molecule has 29 heavy (non-hydrogen) atoms. The van der Waals surface area contributed by atoms with E-state index in [1.165, 1.54) is 5.56 Å². The van der Waals surface area contributed by atoms with E-state index < -0.39 is 10.0 Å². The third-order valence-electron chi connectivity index (χ3n) is 5.87. The lowest BCUT2D eigenvalue weighted by Crippen LogP contribution is -2.52. The fourth-order valence-electron chi connectivity index (χ4n) is 4.55. The van der Waals surface area contributed by atoms with E-state index in [-0.39, 0.29) is 18.1 Å². The quantitative estimate of drug-likeness (QED) is 0.761. The largest absolute Gasteiger partial charge is 0.497 e. The average Bonchev–Trinajstić information content (AvgIpc) is 3.07. The highest BCUT2D eigenvalue weighted by atomic mass is 32.2. The summed E-state index contributed by atoms with van der Waals surface area (Å²) >= 11 is 0. The molecule has 1 fully saturated rings. The zero-order valence-electron chi connectivity index (χ0n) is 17.3. The number of benzene rings is 1. The molecule has 2 aliphatic heterocycles. The number of anilines is 1. The van der Waals surface area contributed by atoms with Crippen molar-refractivity contribution in [2.75, 3.05) is 32.1 Å². The Kier molecular flexibility index (Phi) is 5.27. The Hall–Kier alpha value is -2.16. The zero-order chi connectivity index (χ0) is 20.8. The number of nitrogens with zero attached hydrogens (tertiary/aromatic N) is 4. The number of sulfonamides is 1. The van der Waals surface area contributed by atoms with Gasteiger partial charge >= 0.3 is 0 Å². The number of hydrogen-bond donors (Lipinski definition) is 0. The topological polar surface area (TPSA) is 66.0 Å². The molecular formula is C21H28N4O3S. The second kappa shape index (κ2) is 7.59. The molecule has 2 aliphatic rings. The highest BCUT2D eigenvalue weighted by Crippen LogP contribution is 2.37. The predicted molar refractivity (Wildman–Crippen MR) is 113 cm³/mol. The van der Waals surface area contributed by atoms with E-state index in [2.05, 4.69) is 22.0 Å². The predicted octanol–water partition coefficient (Wildman–Crippen LogP) is 2.19. The molecule has 2 aromatic rings. The smallest absolute Gasteiger partial charge is 0.247 e. The molecule has 2 atom stereocenters. The normalized spacial score (nSPS) is 24.2. The summed E-state index contributed by atoms with van der Waals surface area (Å²) in [4.78, 5) is 9.10. The van der Waals surface area contributed by atoms with E-state index in [0.717, 1.165) is 18.8 Å². The van der Waals surface area contributed by atoms with Crippen molar-refractivity contribution >= 4 is 15.8 Å². The monoisotopic (exact) mass is 416 g/mol. The minimum absolute atomic E-state index is 0.0431. The minimum atomic E-state index is -3.62. The molecule has 1 saturated heterocycles. The van der Waals surface area contributed by atoms with Crippen LogP contribution in [0.1, 0.15) is 19.4 Å². The lowest BCUT2D eigenvalue weighted by Gasteiger charge is -2.34. The van der Waals surface area contributed by atoms with Gasteiger partial charge in [-0.15, -0.1) is 0 Å². The molecule has 3 heterocycles. The van der Waals surface area contributed by atoms with Gasteiger partial charge in [-0.05, 0) is 43.7 Å². The third kappa shape index (κ3) is 3.49. The van der Waals surface area contributed by atoms with E-state index in [1.807, 2.05) is 37.9 Å². The van der Waals surface area contributed by atoms with Crippen molar-refractivity contribution < 1.29 is 13.2 Å². The Labute approximate surface area is 172 Å². The van der Waals surface area contributed by atoms with Gasteiger partial charge < -0.3 is 9.64 Å². The highest BCUT2D eigenvalue weighted by molar-refractivity contribution is 7.89. The summed E-state index contributed by atoms with van der Waals surface area (Å²) in [5.41, 5.74) is 1.18. The van der Waals surface area contributed by atoms with Crippen molar-refractivity contribution in [1.82, 2.24) is 14.2 Å². The standard InChI is InChI=1S/C21H28N4O3S/c1-15(2)25-19-14-24(12-16-7-9-17(28-4)10-8-16)13-18(19)23(3)21-20(29(25,26)27)6-5-11-22-21/h5-11,15,18-19H,12-14H2,1-4H3/t18-,19-/m1/s1. The van der Waals surface area contributed by atoms with Crippen molar-refractivity contribution in [3.8, 4) is 5.75 Å². The second-order valence-corrected chi connectivity index (χ2v) is 9.85. The van der Waals surface area contributed by atoms with Crippen LogP contribution in [0.5, 0.6) is 5.75 Å². The summed E-state index contributed by atoms with van der Waals surface area (Å²) in [5, 5.41) is 0. The SMILES string of the molecule is COc1ccc(CN2C[C@@H]3[C@@H](C2)N(C(C)C)S(=O)(=O)c2cccnc2N3C)cc1. The first-order valence-electron chi connectivity index (χ1n) is 9.89. The molecular weight excluding hydrogens is 388 g/mol. The van der Waals surface area contributed by atoms with Crippen LogP contribution in [-0.4, -0.2) is 68.0 Å². The number of likely N-dealkylation sites (N-methyl/N-ethyl adjacent to an activating group) is 1. The molecule has 0 aliphatic carbocycles. The molecule has 8 heteroatoms. The Morgan fingerprint density at radius 2 is 1.83 bits per heavy atom. The van der Waals surface area contributed by atoms with Crippen LogP contribution in [-0.2, 0) is 16.6 Å². The van der Waals surface area contributed by atoms with Crippen LogP contribution < -0.4 is 9.64 Å². The molecule has 0 spiro atoms. The van der Waals surface area contributed by atoms with E-state index in [9.17, 15) is 8.42 Å². The van der Waals surface area contributed by atoms with Gasteiger partial charge in [-0.1, -0.05) is 12.1 Å². The van der Waals surface area contributed by atoms with E-state index in [4.69, 9.17) is 4.74 Å². The van der Waals surface area contributed by atoms with Crippen LogP contribution in [0.3, 0.4) is 0 Å². The van der Waals surface area contributed by atoms with E-state index >= 15 is 0 Å². The molecule has 156 valence electrons. The van der Waals surface area contributed by atoms with Gasteiger partial charge in [0.05, 0.1) is 19.2 Å². The van der Waals surface area contributed by atoms with E-state index in [1.54, 1.807) is 29.7 Å². The number of pyridine rings is 1. The molecule has 7 nitrogen and oxygen atoms in total. The molecule has 0 amide bonds. The number of aromatic nitrogens is 1. The van der Waals surface area contributed by atoms with Crippen molar-refractivity contribution in [3.05, 3.63) is 48.2 Å². The summed E-state index contributed by atoms with van der Waals surface area (Å²) in [5.74, 6) is 1.37. The number of ether oxygens (including phenoxy) is 1. The van der Waals surface area contributed by atoms with Crippen molar-refractivity contribution in [3.63, 3.8) is 0 Å². The molecule has 0 unspecified atom stereocenters. The number of rotatable bonds is 4. The lowest BCUT2D eigenvalue weighted by molar-refractivity contribution is 0.249. The third-order valence-corrected chi connectivity index (χ3v) is 8.00. The maximum Gasteiger partial charge on any atom is 0.247 e. The fourth-order valence-corrected chi connectivity index (χ4v) is 6.58. The van der Waals surface area contributed by atoms with Gasteiger partial charge in [0.25, 0.3) is 0 Å². The highest BCUT2D eigenvalue weighted by Gasteiger charge is 2.49. The average molecular weight is 417 g/mol. The first-order chi connectivity index (χ1) is 13.8. The van der Waals surface area contributed by atoms with Gasteiger partial charge in [-0.25, -0.2) is 13.4 Å². The van der Waals surface area contributed by atoms with Crippen molar-refractivity contribution in [2.24, 2.45) is 0 Å². The molecule has 0 N–H and O–H groups in total. The molecule has 0 saturated carbocycles. The van der Waals surface area contributed by atoms with E-state index in [0.29, 0.717) is 17.3 Å². The van der Waals surface area contributed by atoms with Crippen LogP contribution in [0.15, 0.2) is 47.5 Å². The maximum absolute atomic E-state index is 13.5. The Balaban J connectivity index is 1.67. The summed E-state index contributed by atoms with van der Waals surface area (Å²) in [6.45, 7) is 6.13. The van der Waals surface area contributed by atoms with Crippen molar-refractivity contribution in [2.45, 2.75) is 43.4 Å². The number of likely N-dealkylation sites (tertiary alicyclic amines) is 1. The molecule has 1 aromatic heterocycles. The van der Waals surface area contributed by atoms with Crippen molar-refractivity contribution in [1.29, 1.82) is 0 Å². The summed E-state index contributed by atoms with van der Waals surface area (Å²) < 4.78 is 34.0. The van der Waals surface area contributed by atoms with Gasteiger partial charge in [0.1, 0.15) is 16.5 Å². The fraction of sp³-hybridized carbons (Fsp3) is 0.476. The zero-order valence-corrected chi connectivity index (χ0v) is 18.1. The van der Waals surface area contributed by atoms with Crippen LogP contribution in [0.25, 0.3) is 0 Å².